The van der Waals surface area contributed by atoms with Gasteiger partial charge in [0.1, 0.15) is 0 Å². The van der Waals surface area contributed by atoms with Crippen LogP contribution < -0.4 is 5.32 Å². The molecule has 1 unspecified atom stereocenters. The fourth-order valence-corrected chi connectivity index (χ4v) is 3.34. The summed E-state index contributed by atoms with van der Waals surface area (Å²) in [5, 5.41) is 12.4. The van der Waals surface area contributed by atoms with Crippen LogP contribution in [0.15, 0.2) is 10.7 Å². The number of likely N-dealkylation sites (N-methyl/N-ethyl adjacent to an activating group) is 1. The van der Waals surface area contributed by atoms with Crippen LogP contribution in [0.3, 0.4) is 0 Å². The maximum absolute atomic E-state index is 4.56. The van der Waals surface area contributed by atoms with Gasteiger partial charge in [-0.3, -0.25) is 9.36 Å². The average Bonchev–Trinajstić information content (AvgIpc) is 2.87. The summed E-state index contributed by atoms with van der Waals surface area (Å²) in [5.74, 6) is 0. The number of nitrogens with one attached hydrogen (secondary N) is 1. The summed E-state index contributed by atoms with van der Waals surface area (Å²) < 4.78 is 4.97. The lowest BCUT2D eigenvalue weighted by atomic mass is 10.0. The Balaban J connectivity index is 2.31. The van der Waals surface area contributed by atoms with E-state index in [0.717, 1.165) is 28.7 Å². The summed E-state index contributed by atoms with van der Waals surface area (Å²) in [6, 6.07) is 0.236. The Labute approximate surface area is 128 Å². The highest BCUT2D eigenvalue weighted by Crippen LogP contribution is 2.27. The second-order valence-corrected chi connectivity index (χ2v) is 5.87. The molecule has 0 spiro atoms. The SMILES string of the molecule is CCc1nn(C)c(CC(NC)c2cn(C)nc2C)c1Br. The van der Waals surface area contributed by atoms with Gasteiger partial charge in [0.15, 0.2) is 0 Å². The van der Waals surface area contributed by atoms with E-state index in [0.29, 0.717) is 0 Å². The van der Waals surface area contributed by atoms with Crippen molar-refractivity contribution in [3.8, 4) is 0 Å². The average molecular weight is 340 g/mol. The summed E-state index contributed by atoms with van der Waals surface area (Å²) in [6.07, 6.45) is 3.90. The lowest BCUT2D eigenvalue weighted by Crippen LogP contribution is -2.20. The molecular formula is C14H22BrN5. The zero-order valence-corrected chi connectivity index (χ0v) is 14.3. The number of rotatable bonds is 5. The first-order valence-electron chi connectivity index (χ1n) is 6.85. The molecule has 2 heterocycles. The highest BCUT2D eigenvalue weighted by atomic mass is 79.9. The zero-order valence-electron chi connectivity index (χ0n) is 12.7. The molecular weight excluding hydrogens is 318 g/mol. The van der Waals surface area contributed by atoms with Gasteiger partial charge in [0.2, 0.25) is 0 Å². The Kier molecular flexibility index (Phi) is 4.65. The number of aryl methyl sites for hydroxylation is 4. The molecule has 0 bridgehead atoms. The number of hydrogen-bond donors (Lipinski definition) is 1. The van der Waals surface area contributed by atoms with Crippen LogP contribution in [0.2, 0.25) is 0 Å². The van der Waals surface area contributed by atoms with Gasteiger partial charge >= 0.3 is 0 Å². The molecule has 0 aliphatic heterocycles. The normalized spacial score (nSPS) is 12.9. The molecule has 110 valence electrons. The van der Waals surface area contributed by atoms with Crippen LogP contribution in [0.1, 0.15) is 35.6 Å². The van der Waals surface area contributed by atoms with E-state index in [1.165, 1.54) is 11.3 Å². The first kappa shape index (κ1) is 15.3. The molecule has 1 N–H and O–H groups in total. The molecule has 1 atom stereocenters. The predicted octanol–water partition coefficient (Wildman–Crippen LogP) is 2.29. The zero-order chi connectivity index (χ0) is 14.9. The van der Waals surface area contributed by atoms with E-state index in [9.17, 15) is 0 Å². The van der Waals surface area contributed by atoms with Crippen LogP contribution in [-0.2, 0) is 26.9 Å². The molecule has 0 saturated heterocycles. The quantitative estimate of drug-likeness (QED) is 0.909. The third-order valence-corrected chi connectivity index (χ3v) is 4.59. The van der Waals surface area contributed by atoms with Gasteiger partial charge in [-0.25, -0.2) is 0 Å². The predicted molar refractivity (Wildman–Crippen MR) is 83.7 cm³/mol. The van der Waals surface area contributed by atoms with Gasteiger partial charge in [0, 0.05) is 38.3 Å². The minimum absolute atomic E-state index is 0.236. The van der Waals surface area contributed by atoms with Crippen molar-refractivity contribution in [2.45, 2.75) is 32.7 Å². The van der Waals surface area contributed by atoms with Crippen molar-refractivity contribution in [2.75, 3.05) is 7.05 Å². The van der Waals surface area contributed by atoms with Gasteiger partial charge in [-0.05, 0) is 36.3 Å². The third kappa shape index (κ3) is 2.81. The van der Waals surface area contributed by atoms with Gasteiger partial charge in [0.05, 0.1) is 21.6 Å². The number of nitrogens with zero attached hydrogens (tertiary/aromatic N) is 4. The highest BCUT2D eigenvalue weighted by Gasteiger charge is 2.20. The van der Waals surface area contributed by atoms with Gasteiger partial charge in [-0.2, -0.15) is 10.2 Å². The molecule has 5 nitrogen and oxygen atoms in total. The van der Waals surface area contributed by atoms with Gasteiger partial charge < -0.3 is 5.32 Å². The van der Waals surface area contributed by atoms with Crippen molar-refractivity contribution in [3.05, 3.63) is 33.3 Å². The molecule has 20 heavy (non-hydrogen) atoms. The second-order valence-electron chi connectivity index (χ2n) is 5.07. The van der Waals surface area contributed by atoms with Crippen LogP contribution in [0.4, 0.5) is 0 Å². The highest BCUT2D eigenvalue weighted by molar-refractivity contribution is 9.10. The molecule has 2 aromatic heterocycles. The fourth-order valence-electron chi connectivity index (χ4n) is 2.56. The molecule has 0 saturated carbocycles. The Bertz CT molecular complexity index is 599. The van der Waals surface area contributed by atoms with Crippen molar-refractivity contribution in [1.82, 2.24) is 24.9 Å². The first-order valence-corrected chi connectivity index (χ1v) is 7.64. The van der Waals surface area contributed by atoms with Crippen molar-refractivity contribution < 1.29 is 0 Å². The standard InChI is InChI=1S/C14H22BrN5/c1-6-11-14(15)13(20(5)18-11)7-12(16-3)10-8-19(4)17-9(10)2/h8,12,16H,6-7H2,1-5H3. The molecule has 0 fully saturated rings. The van der Waals surface area contributed by atoms with Crippen molar-refractivity contribution >= 4 is 15.9 Å². The van der Waals surface area contributed by atoms with Crippen LogP contribution >= 0.6 is 15.9 Å². The summed E-state index contributed by atoms with van der Waals surface area (Å²) in [5.41, 5.74) is 4.63. The van der Waals surface area contributed by atoms with Crippen LogP contribution in [0.5, 0.6) is 0 Å². The van der Waals surface area contributed by atoms with Crippen molar-refractivity contribution in [2.24, 2.45) is 14.1 Å². The molecule has 0 aliphatic rings. The van der Waals surface area contributed by atoms with E-state index in [4.69, 9.17) is 0 Å². The van der Waals surface area contributed by atoms with E-state index in [2.05, 4.69) is 51.5 Å². The van der Waals surface area contributed by atoms with Gasteiger partial charge in [-0.1, -0.05) is 6.92 Å². The van der Waals surface area contributed by atoms with Crippen molar-refractivity contribution in [3.63, 3.8) is 0 Å². The van der Waals surface area contributed by atoms with Crippen molar-refractivity contribution in [1.29, 1.82) is 0 Å². The van der Waals surface area contributed by atoms with E-state index < -0.39 is 0 Å². The minimum atomic E-state index is 0.236. The summed E-state index contributed by atoms with van der Waals surface area (Å²) in [4.78, 5) is 0. The molecule has 2 rings (SSSR count). The maximum Gasteiger partial charge on any atom is 0.0766 e. The maximum atomic E-state index is 4.56. The first-order chi connectivity index (χ1) is 9.47. The van der Waals surface area contributed by atoms with Gasteiger partial charge in [0.25, 0.3) is 0 Å². The van der Waals surface area contributed by atoms with Gasteiger partial charge in [-0.15, -0.1) is 0 Å². The monoisotopic (exact) mass is 339 g/mol. The smallest absolute Gasteiger partial charge is 0.0766 e. The lowest BCUT2D eigenvalue weighted by Gasteiger charge is -2.16. The van der Waals surface area contributed by atoms with E-state index in [1.54, 1.807) is 0 Å². The summed E-state index contributed by atoms with van der Waals surface area (Å²) >= 11 is 3.68. The Morgan fingerprint density at radius 1 is 1.35 bits per heavy atom. The molecule has 0 amide bonds. The van der Waals surface area contributed by atoms with Crippen LogP contribution in [0, 0.1) is 6.92 Å². The Hall–Kier alpha value is -1.14. The molecule has 0 radical (unpaired) electrons. The molecule has 6 heteroatoms. The van der Waals surface area contributed by atoms with Crippen LogP contribution in [0.25, 0.3) is 0 Å². The summed E-state index contributed by atoms with van der Waals surface area (Å²) in [6.45, 7) is 4.17. The topological polar surface area (TPSA) is 47.7 Å². The molecule has 2 aromatic rings. The minimum Gasteiger partial charge on any atom is -0.313 e. The molecule has 0 aliphatic carbocycles. The molecule has 0 aromatic carbocycles. The van der Waals surface area contributed by atoms with E-state index >= 15 is 0 Å². The third-order valence-electron chi connectivity index (χ3n) is 3.68. The Morgan fingerprint density at radius 3 is 2.50 bits per heavy atom. The fraction of sp³-hybridized carbons (Fsp3) is 0.571. The second kappa shape index (κ2) is 6.10. The van der Waals surface area contributed by atoms with E-state index in [-0.39, 0.29) is 6.04 Å². The number of halogens is 1. The Morgan fingerprint density at radius 2 is 2.05 bits per heavy atom. The largest absolute Gasteiger partial charge is 0.313 e. The number of aromatic nitrogens is 4. The van der Waals surface area contributed by atoms with Crippen LogP contribution in [-0.4, -0.2) is 26.6 Å². The lowest BCUT2D eigenvalue weighted by molar-refractivity contribution is 0.557. The van der Waals surface area contributed by atoms with E-state index in [1.807, 2.05) is 30.5 Å². The summed E-state index contributed by atoms with van der Waals surface area (Å²) in [7, 11) is 5.95. The number of hydrogen-bond acceptors (Lipinski definition) is 3.